The molecule has 1 saturated heterocycles. The first-order valence-corrected chi connectivity index (χ1v) is 3.63. The smallest absolute Gasteiger partial charge is 0.307 e. The van der Waals surface area contributed by atoms with Crippen molar-refractivity contribution < 1.29 is 9.53 Å². The highest BCUT2D eigenvalue weighted by atomic mass is 35.5. The summed E-state index contributed by atoms with van der Waals surface area (Å²) < 4.78 is 4.53. The van der Waals surface area contributed by atoms with Gasteiger partial charge in [-0.15, -0.1) is 12.4 Å². The quantitative estimate of drug-likeness (QED) is 0.635. The van der Waals surface area contributed by atoms with Gasteiger partial charge >= 0.3 is 5.97 Å². The predicted molar refractivity (Wildman–Crippen MR) is 44.9 cm³/mol. The molecule has 0 amide bonds. The maximum absolute atomic E-state index is 10.7. The number of methoxy groups -OCH3 is 1. The highest BCUT2D eigenvalue weighted by Crippen LogP contribution is 2.08. The number of esters is 1. The van der Waals surface area contributed by atoms with E-state index in [9.17, 15) is 4.79 Å². The molecule has 0 radical (unpaired) electrons. The van der Waals surface area contributed by atoms with Crippen LogP contribution in [0.5, 0.6) is 0 Å². The number of carbonyl (C=O) groups excluding carboxylic acids is 1. The van der Waals surface area contributed by atoms with Crippen LogP contribution in [-0.4, -0.2) is 25.7 Å². The SMILES string of the molecule is COC(=O)C[C@@H]1CCCN1.Cl. The summed E-state index contributed by atoms with van der Waals surface area (Å²) in [4.78, 5) is 10.7. The fourth-order valence-corrected chi connectivity index (χ4v) is 1.22. The third-order valence-electron chi connectivity index (χ3n) is 1.80. The molecule has 0 aromatic carbocycles. The van der Waals surface area contributed by atoms with Crippen LogP contribution in [0.2, 0.25) is 0 Å². The van der Waals surface area contributed by atoms with E-state index >= 15 is 0 Å². The molecule has 0 unspecified atom stereocenters. The van der Waals surface area contributed by atoms with Crippen LogP contribution in [0.1, 0.15) is 19.3 Å². The monoisotopic (exact) mass is 179 g/mol. The average molecular weight is 180 g/mol. The highest BCUT2D eigenvalue weighted by Gasteiger charge is 2.17. The molecule has 1 fully saturated rings. The van der Waals surface area contributed by atoms with Gasteiger partial charge in [-0.05, 0) is 19.4 Å². The van der Waals surface area contributed by atoms with Crippen molar-refractivity contribution in [2.45, 2.75) is 25.3 Å². The molecule has 1 heterocycles. The second-order valence-corrected chi connectivity index (χ2v) is 2.57. The van der Waals surface area contributed by atoms with E-state index in [4.69, 9.17) is 0 Å². The largest absolute Gasteiger partial charge is 0.469 e. The molecular weight excluding hydrogens is 166 g/mol. The molecule has 0 aromatic heterocycles. The fourth-order valence-electron chi connectivity index (χ4n) is 1.22. The van der Waals surface area contributed by atoms with E-state index in [1.165, 1.54) is 13.5 Å². The van der Waals surface area contributed by atoms with Crippen molar-refractivity contribution in [2.75, 3.05) is 13.7 Å². The summed E-state index contributed by atoms with van der Waals surface area (Å²) in [6, 6.07) is 0.368. The summed E-state index contributed by atoms with van der Waals surface area (Å²) in [5.74, 6) is -0.112. The van der Waals surface area contributed by atoms with E-state index in [-0.39, 0.29) is 18.4 Å². The summed E-state index contributed by atoms with van der Waals surface area (Å²) in [7, 11) is 1.43. The summed E-state index contributed by atoms with van der Waals surface area (Å²) in [5, 5.41) is 3.22. The first kappa shape index (κ1) is 10.7. The standard InChI is InChI=1S/C7H13NO2.ClH/c1-10-7(9)5-6-3-2-4-8-6;/h6,8H,2-5H2,1H3;1H/t6-;/m0./s1. The first-order chi connectivity index (χ1) is 4.83. The zero-order chi connectivity index (χ0) is 7.40. The van der Waals surface area contributed by atoms with E-state index in [2.05, 4.69) is 10.1 Å². The van der Waals surface area contributed by atoms with Crippen molar-refractivity contribution in [3.05, 3.63) is 0 Å². The lowest BCUT2D eigenvalue weighted by atomic mass is 10.2. The van der Waals surface area contributed by atoms with Crippen molar-refractivity contribution in [2.24, 2.45) is 0 Å². The van der Waals surface area contributed by atoms with Crippen LogP contribution in [0, 0.1) is 0 Å². The van der Waals surface area contributed by atoms with Crippen LogP contribution in [0.3, 0.4) is 0 Å². The van der Waals surface area contributed by atoms with Gasteiger partial charge in [0.1, 0.15) is 0 Å². The van der Waals surface area contributed by atoms with Gasteiger partial charge in [-0.3, -0.25) is 4.79 Å². The molecule has 66 valence electrons. The van der Waals surface area contributed by atoms with Crippen LogP contribution >= 0.6 is 12.4 Å². The number of halogens is 1. The minimum atomic E-state index is -0.112. The third kappa shape index (κ3) is 3.58. The molecule has 0 spiro atoms. The first-order valence-electron chi connectivity index (χ1n) is 3.63. The Labute approximate surface area is 72.9 Å². The lowest BCUT2D eigenvalue weighted by molar-refractivity contribution is -0.141. The Balaban J connectivity index is 0.000001000. The minimum absolute atomic E-state index is 0. The van der Waals surface area contributed by atoms with Gasteiger partial charge in [0.15, 0.2) is 0 Å². The number of carbonyl (C=O) groups is 1. The van der Waals surface area contributed by atoms with Crippen LogP contribution in [0.25, 0.3) is 0 Å². The summed E-state index contributed by atoms with van der Waals surface area (Å²) in [5.41, 5.74) is 0. The Kier molecular flexibility index (Phi) is 5.24. The van der Waals surface area contributed by atoms with Crippen molar-refractivity contribution >= 4 is 18.4 Å². The van der Waals surface area contributed by atoms with Crippen LogP contribution in [0.4, 0.5) is 0 Å². The highest BCUT2D eigenvalue weighted by molar-refractivity contribution is 5.85. The van der Waals surface area contributed by atoms with Gasteiger partial charge in [-0.1, -0.05) is 0 Å². The molecule has 4 heteroatoms. The second-order valence-electron chi connectivity index (χ2n) is 2.57. The van der Waals surface area contributed by atoms with Gasteiger partial charge in [0.25, 0.3) is 0 Å². The second kappa shape index (κ2) is 5.38. The summed E-state index contributed by atoms with van der Waals surface area (Å²) >= 11 is 0. The molecule has 3 nitrogen and oxygen atoms in total. The molecular formula is C7H14ClNO2. The van der Waals surface area contributed by atoms with Crippen molar-refractivity contribution in [1.82, 2.24) is 5.32 Å². The Morgan fingerprint density at radius 2 is 2.45 bits per heavy atom. The van der Waals surface area contributed by atoms with E-state index in [0.717, 1.165) is 13.0 Å². The van der Waals surface area contributed by atoms with E-state index in [1.54, 1.807) is 0 Å². The van der Waals surface area contributed by atoms with Gasteiger partial charge in [-0.2, -0.15) is 0 Å². The maximum atomic E-state index is 10.7. The van der Waals surface area contributed by atoms with Gasteiger partial charge in [0.2, 0.25) is 0 Å². The lowest BCUT2D eigenvalue weighted by Gasteiger charge is -2.06. The average Bonchev–Trinajstić information content (AvgIpc) is 2.40. The van der Waals surface area contributed by atoms with E-state index < -0.39 is 0 Å². The molecule has 1 aliphatic rings. The fraction of sp³-hybridized carbons (Fsp3) is 0.857. The molecule has 0 saturated carbocycles. The number of hydrogen-bond acceptors (Lipinski definition) is 3. The van der Waals surface area contributed by atoms with Crippen molar-refractivity contribution in [3.63, 3.8) is 0 Å². The molecule has 11 heavy (non-hydrogen) atoms. The van der Waals surface area contributed by atoms with Gasteiger partial charge in [-0.25, -0.2) is 0 Å². The number of nitrogens with one attached hydrogen (secondary N) is 1. The minimum Gasteiger partial charge on any atom is -0.469 e. The van der Waals surface area contributed by atoms with Gasteiger partial charge in [0, 0.05) is 6.04 Å². The Morgan fingerprint density at radius 3 is 2.91 bits per heavy atom. The number of ether oxygens (including phenoxy) is 1. The number of hydrogen-bond donors (Lipinski definition) is 1. The van der Waals surface area contributed by atoms with Gasteiger partial charge in [0.05, 0.1) is 13.5 Å². The molecule has 0 bridgehead atoms. The molecule has 1 rings (SSSR count). The predicted octanol–water partition coefficient (Wildman–Crippen LogP) is 0.723. The Hall–Kier alpha value is -0.280. The number of rotatable bonds is 2. The van der Waals surface area contributed by atoms with Crippen LogP contribution < -0.4 is 5.32 Å². The summed E-state index contributed by atoms with van der Waals surface area (Å²) in [6.07, 6.45) is 2.81. The maximum Gasteiger partial charge on any atom is 0.307 e. The van der Waals surface area contributed by atoms with Crippen LogP contribution in [-0.2, 0) is 9.53 Å². The molecule has 0 aliphatic carbocycles. The van der Waals surface area contributed by atoms with E-state index in [1.807, 2.05) is 0 Å². The summed E-state index contributed by atoms with van der Waals surface area (Å²) in [6.45, 7) is 1.04. The van der Waals surface area contributed by atoms with Crippen molar-refractivity contribution in [1.29, 1.82) is 0 Å². The van der Waals surface area contributed by atoms with E-state index in [0.29, 0.717) is 12.5 Å². The molecule has 1 aliphatic heterocycles. The lowest BCUT2D eigenvalue weighted by Crippen LogP contribution is -2.24. The van der Waals surface area contributed by atoms with Gasteiger partial charge < -0.3 is 10.1 Å². The molecule has 0 aromatic rings. The Morgan fingerprint density at radius 1 is 1.73 bits per heavy atom. The molecule has 1 atom stereocenters. The zero-order valence-electron chi connectivity index (χ0n) is 6.63. The molecule has 1 N–H and O–H groups in total. The normalized spacial score (nSPS) is 22.5. The van der Waals surface area contributed by atoms with Crippen LogP contribution in [0.15, 0.2) is 0 Å². The third-order valence-corrected chi connectivity index (χ3v) is 1.80. The zero-order valence-corrected chi connectivity index (χ0v) is 7.45. The topological polar surface area (TPSA) is 38.3 Å². The van der Waals surface area contributed by atoms with Crippen molar-refractivity contribution in [3.8, 4) is 0 Å². The Bertz CT molecular complexity index is 124.